The molecule has 0 aliphatic carbocycles. The molecule has 0 atom stereocenters. The Kier molecular flexibility index (Phi) is 7.62. The largest absolute Gasteiger partial charge is 0.366 e. The predicted molar refractivity (Wildman–Crippen MR) is 134 cm³/mol. The number of hydrogen-bond donors (Lipinski definition) is 1. The Hall–Kier alpha value is -2.90. The van der Waals surface area contributed by atoms with Crippen LogP contribution >= 0.6 is 0 Å². The molecule has 1 saturated heterocycles. The van der Waals surface area contributed by atoms with Gasteiger partial charge in [0.2, 0.25) is 0 Å². The Bertz CT molecular complexity index is 1130. The highest BCUT2D eigenvalue weighted by Gasteiger charge is 2.23. The first-order valence-corrected chi connectivity index (χ1v) is 13.1. The third-order valence-corrected chi connectivity index (χ3v) is 7.96. The van der Waals surface area contributed by atoms with Crippen molar-refractivity contribution in [2.45, 2.75) is 44.2 Å². The molecule has 1 aliphatic rings. The lowest BCUT2D eigenvalue weighted by Crippen LogP contribution is -2.30. The molecule has 0 radical (unpaired) electrons. The van der Waals surface area contributed by atoms with Crippen molar-refractivity contribution in [3.63, 3.8) is 0 Å². The first-order chi connectivity index (χ1) is 16.1. The number of para-hydroxylation sites is 1. The van der Waals surface area contributed by atoms with Gasteiger partial charge in [-0.15, -0.1) is 0 Å². The van der Waals surface area contributed by atoms with Crippen LogP contribution in [0.5, 0.6) is 0 Å². The summed E-state index contributed by atoms with van der Waals surface area (Å²) in [5.74, 6) is 0.657. The Labute approximate surface area is 197 Å². The lowest BCUT2D eigenvalue weighted by molar-refractivity contribution is 0.220. The second-order valence-corrected chi connectivity index (χ2v) is 10.2. The molecule has 0 unspecified atom stereocenters. The van der Waals surface area contributed by atoms with E-state index in [0.29, 0.717) is 24.6 Å². The summed E-state index contributed by atoms with van der Waals surface area (Å²) in [4.78, 5) is 7.09. The normalized spacial score (nSPS) is 14.7. The molecule has 7 heteroatoms. The molecule has 6 nitrogen and oxygen atoms in total. The van der Waals surface area contributed by atoms with Crippen LogP contribution in [0.3, 0.4) is 0 Å². The third kappa shape index (κ3) is 5.72. The topological polar surface area (TPSA) is 65.5 Å². The van der Waals surface area contributed by atoms with Crippen molar-refractivity contribution in [3.05, 3.63) is 84.1 Å². The second-order valence-electron chi connectivity index (χ2n) is 8.34. The summed E-state index contributed by atoms with van der Waals surface area (Å²) >= 11 is 0. The van der Waals surface area contributed by atoms with Crippen LogP contribution in [0.2, 0.25) is 0 Å². The Morgan fingerprint density at radius 2 is 1.61 bits per heavy atom. The minimum atomic E-state index is -3.67. The zero-order chi connectivity index (χ0) is 23.1. The number of nitrogens with one attached hydrogen (secondary N) is 1. The van der Waals surface area contributed by atoms with Crippen molar-refractivity contribution in [1.82, 2.24) is 9.88 Å². The number of piperidine rings is 1. The van der Waals surface area contributed by atoms with Crippen molar-refractivity contribution in [2.75, 3.05) is 29.3 Å². The number of nitrogens with zero attached hydrogens (tertiary/aromatic N) is 3. The number of aromatic nitrogens is 1. The van der Waals surface area contributed by atoms with Gasteiger partial charge >= 0.3 is 0 Å². The van der Waals surface area contributed by atoms with Gasteiger partial charge in [-0.2, -0.15) is 0 Å². The summed E-state index contributed by atoms with van der Waals surface area (Å²) in [7, 11) is -3.67. The SMILES string of the molecule is CCN(c1ccccc1)S(=O)(=O)c1ccc(NCc2ccccc2CN2CCCCC2)nc1. The summed E-state index contributed by atoms with van der Waals surface area (Å²) in [6.45, 7) is 6.12. The summed E-state index contributed by atoms with van der Waals surface area (Å²) < 4.78 is 27.7. The Balaban J connectivity index is 1.43. The lowest BCUT2D eigenvalue weighted by atomic mass is 10.0. The van der Waals surface area contributed by atoms with Crippen LogP contribution in [0, 0.1) is 0 Å². The summed E-state index contributed by atoms with van der Waals surface area (Å²) in [5.41, 5.74) is 3.21. The number of hydrogen-bond acceptors (Lipinski definition) is 5. The molecule has 1 aromatic heterocycles. The van der Waals surface area contributed by atoms with Gasteiger partial charge in [0, 0.05) is 25.8 Å². The lowest BCUT2D eigenvalue weighted by Gasteiger charge is -2.27. The van der Waals surface area contributed by atoms with Crippen molar-refractivity contribution in [2.24, 2.45) is 0 Å². The number of benzene rings is 2. The molecule has 0 amide bonds. The molecule has 0 spiro atoms. The van der Waals surface area contributed by atoms with Crippen LogP contribution in [0.15, 0.2) is 77.8 Å². The molecule has 1 fully saturated rings. The van der Waals surface area contributed by atoms with E-state index in [0.717, 1.165) is 19.6 Å². The maximum atomic E-state index is 13.1. The van der Waals surface area contributed by atoms with Gasteiger partial charge in [-0.25, -0.2) is 13.4 Å². The molecule has 174 valence electrons. The molecule has 0 bridgehead atoms. The van der Waals surface area contributed by atoms with Gasteiger partial charge < -0.3 is 5.32 Å². The monoisotopic (exact) mass is 464 g/mol. The van der Waals surface area contributed by atoms with Gasteiger partial charge in [-0.1, -0.05) is 48.9 Å². The van der Waals surface area contributed by atoms with E-state index >= 15 is 0 Å². The highest BCUT2D eigenvalue weighted by molar-refractivity contribution is 7.92. The first kappa shape index (κ1) is 23.3. The minimum Gasteiger partial charge on any atom is -0.366 e. The van der Waals surface area contributed by atoms with Crippen molar-refractivity contribution >= 4 is 21.5 Å². The second kappa shape index (κ2) is 10.8. The predicted octanol–water partition coefficient (Wildman–Crippen LogP) is 4.89. The number of likely N-dealkylation sites (tertiary alicyclic amines) is 1. The zero-order valence-corrected chi connectivity index (χ0v) is 20.0. The minimum absolute atomic E-state index is 0.184. The number of pyridine rings is 1. The van der Waals surface area contributed by atoms with Crippen LogP contribution in [0.4, 0.5) is 11.5 Å². The standard InChI is InChI=1S/C26H32N4O2S/c1-2-30(24-13-5-3-6-14-24)33(31,32)25-15-16-26(28-20-25)27-19-22-11-7-8-12-23(22)21-29-17-9-4-10-18-29/h3,5-8,11-16,20H,2,4,9-10,17-19,21H2,1H3,(H,27,28). The van der Waals surface area contributed by atoms with E-state index in [1.54, 1.807) is 24.3 Å². The number of sulfonamides is 1. The maximum absolute atomic E-state index is 13.1. The van der Waals surface area contributed by atoms with E-state index in [9.17, 15) is 8.42 Å². The van der Waals surface area contributed by atoms with E-state index in [1.165, 1.54) is 40.9 Å². The van der Waals surface area contributed by atoms with Crippen LogP contribution in [-0.2, 0) is 23.1 Å². The third-order valence-electron chi connectivity index (χ3n) is 6.08. The highest BCUT2D eigenvalue weighted by Crippen LogP contribution is 2.24. The molecule has 1 aliphatic heterocycles. The van der Waals surface area contributed by atoms with E-state index < -0.39 is 10.0 Å². The molecular weight excluding hydrogens is 432 g/mol. The van der Waals surface area contributed by atoms with Gasteiger partial charge in [0.1, 0.15) is 10.7 Å². The average Bonchev–Trinajstić information content (AvgIpc) is 2.85. The van der Waals surface area contributed by atoms with Gasteiger partial charge in [-0.05, 0) is 68.2 Å². The Morgan fingerprint density at radius 1 is 0.909 bits per heavy atom. The highest BCUT2D eigenvalue weighted by atomic mass is 32.2. The summed E-state index contributed by atoms with van der Waals surface area (Å²) in [6.07, 6.45) is 5.32. The molecule has 2 heterocycles. The van der Waals surface area contributed by atoms with E-state index in [4.69, 9.17) is 0 Å². The summed E-state index contributed by atoms with van der Waals surface area (Å²) in [6, 6.07) is 21.0. The van der Waals surface area contributed by atoms with E-state index in [1.807, 2.05) is 25.1 Å². The zero-order valence-electron chi connectivity index (χ0n) is 19.2. The maximum Gasteiger partial charge on any atom is 0.265 e. The fraction of sp³-hybridized carbons (Fsp3) is 0.346. The van der Waals surface area contributed by atoms with Crippen molar-refractivity contribution in [3.8, 4) is 0 Å². The molecule has 1 N–H and O–H groups in total. The first-order valence-electron chi connectivity index (χ1n) is 11.6. The fourth-order valence-corrected chi connectivity index (χ4v) is 5.70. The Morgan fingerprint density at radius 3 is 2.27 bits per heavy atom. The molecular formula is C26H32N4O2S. The van der Waals surface area contributed by atoms with Crippen molar-refractivity contribution in [1.29, 1.82) is 0 Å². The molecule has 33 heavy (non-hydrogen) atoms. The smallest absolute Gasteiger partial charge is 0.265 e. The fourth-order valence-electron chi connectivity index (χ4n) is 4.28. The van der Waals surface area contributed by atoms with Crippen molar-refractivity contribution < 1.29 is 8.42 Å². The quantitative estimate of drug-likeness (QED) is 0.488. The van der Waals surface area contributed by atoms with Crippen LogP contribution in [0.25, 0.3) is 0 Å². The van der Waals surface area contributed by atoms with Gasteiger partial charge in [0.05, 0.1) is 5.69 Å². The average molecular weight is 465 g/mol. The van der Waals surface area contributed by atoms with Gasteiger partial charge in [-0.3, -0.25) is 9.21 Å². The molecule has 0 saturated carbocycles. The van der Waals surface area contributed by atoms with E-state index in [-0.39, 0.29) is 4.90 Å². The molecule has 2 aromatic carbocycles. The summed E-state index contributed by atoms with van der Waals surface area (Å²) in [5, 5.41) is 3.35. The molecule has 4 rings (SSSR count). The van der Waals surface area contributed by atoms with E-state index in [2.05, 4.69) is 39.5 Å². The number of rotatable bonds is 9. The van der Waals surface area contributed by atoms with Crippen LogP contribution in [-0.4, -0.2) is 37.9 Å². The van der Waals surface area contributed by atoms with Crippen LogP contribution in [0.1, 0.15) is 37.3 Å². The van der Waals surface area contributed by atoms with Gasteiger partial charge in [0.25, 0.3) is 10.0 Å². The number of anilines is 2. The van der Waals surface area contributed by atoms with Gasteiger partial charge in [0.15, 0.2) is 0 Å². The molecule has 3 aromatic rings. The van der Waals surface area contributed by atoms with Crippen LogP contribution < -0.4 is 9.62 Å².